The summed E-state index contributed by atoms with van der Waals surface area (Å²) in [6, 6.07) is 11.1. The number of nitrogens with one attached hydrogen (secondary N) is 1. The highest BCUT2D eigenvalue weighted by molar-refractivity contribution is 8.00. The van der Waals surface area contributed by atoms with Crippen LogP contribution >= 0.6 is 11.8 Å². The maximum Gasteiger partial charge on any atom is 0.237 e. The molecular weight excluding hydrogens is 444 g/mol. The minimum Gasteiger partial charge on any atom is -0.490 e. The van der Waals surface area contributed by atoms with Gasteiger partial charge in [0, 0.05) is 18.8 Å². The summed E-state index contributed by atoms with van der Waals surface area (Å²) in [5, 5.41) is 11.6. The van der Waals surface area contributed by atoms with E-state index >= 15 is 0 Å². The molecule has 33 heavy (non-hydrogen) atoms. The van der Waals surface area contributed by atoms with Gasteiger partial charge < -0.3 is 28.8 Å². The molecule has 0 saturated heterocycles. The Bertz CT molecular complexity index is 1150. The summed E-state index contributed by atoms with van der Waals surface area (Å²) in [5.74, 6) is 3.12. The zero-order chi connectivity index (χ0) is 23.4. The quantitative estimate of drug-likeness (QED) is 0.470. The number of amides is 1. The van der Waals surface area contributed by atoms with Crippen molar-refractivity contribution in [3.05, 3.63) is 47.8 Å². The molecule has 1 atom stereocenters. The molecule has 0 spiro atoms. The molecule has 0 fully saturated rings. The maximum atomic E-state index is 12.7. The molecule has 0 bridgehead atoms. The van der Waals surface area contributed by atoms with Crippen LogP contribution in [0.4, 0.5) is 5.69 Å². The molecule has 2 heterocycles. The first-order valence-corrected chi connectivity index (χ1v) is 11.4. The van der Waals surface area contributed by atoms with Crippen LogP contribution in [0.15, 0.2) is 41.6 Å². The topological polar surface area (TPSA) is 96.7 Å². The standard InChI is InChI=1S/C23H26N4O5S/c1-5-29-19-10-14(2)6-8-17(19)30-12-21-25-26-23(27(21)4)33-15(3)22(28)24-16-7-9-18-20(11-16)32-13-31-18/h6-11,15H,5,12-13H2,1-4H3,(H,24,28)/t15-/m0/s1. The Morgan fingerprint density at radius 2 is 1.97 bits per heavy atom. The normalized spacial score (nSPS) is 13.0. The van der Waals surface area contributed by atoms with Gasteiger partial charge in [0.05, 0.1) is 11.9 Å². The molecular formula is C23H26N4O5S. The molecule has 9 nitrogen and oxygen atoms in total. The van der Waals surface area contributed by atoms with Gasteiger partial charge in [0.1, 0.15) is 6.61 Å². The lowest BCUT2D eigenvalue weighted by Gasteiger charge is -2.13. The first-order chi connectivity index (χ1) is 15.9. The number of ether oxygens (including phenoxy) is 4. The summed E-state index contributed by atoms with van der Waals surface area (Å²) in [5.41, 5.74) is 1.74. The Kier molecular flexibility index (Phi) is 6.93. The van der Waals surface area contributed by atoms with Gasteiger partial charge in [0.15, 0.2) is 34.0 Å². The first kappa shape index (κ1) is 22.8. The lowest BCUT2D eigenvalue weighted by atomic mass is 10.2. The summed E-state index contributed by atoms with van der Waals surface area (Å²) in [7, 11) is 1.85. The van der Waals surface area contributed by atoms with Crippen molar-refractivity contribution in [1.82, 2.24) is 14.8 Å². The van der Waals surface area contributed by atoms with Gasteiger partial charge in [-0.25, -0.2) is 0 Å². The van der Waals surface area contributed by atoms with Crippen LogP contribution < -0.4 is 24.3 Å². The lowest BCUT2D eigenvalue weighted by Crippen LogP contribution is -2.22. The number of hydrogen-bond donors (Lipinski definition) is 1. The van der Waals surface area contributed by atoms with Crippen LogP contribution in [0.1, 0.15) is 25.2 Å². The van der Waals surface area contributed by atoms with Crippen molar-refractivity contribution in [2.24, 2.45) is 7.05 Å². The molecule has 0 saturated carbocycles. The van der Waals surface area contributed by atoms with E-state index in [-0.39, 0.29) is 19.3 Å². The molecule has 1 aromatic heterocycles. The van der Waals surface area contributed by atoms with E-state index in [4.69, 9.17) is 18.9 Å². The molecule has 0 aliphatic carbocycles. The van der Waals surface area contributed by atoms with Crippen molar-refractivity contribution in [2.75, 3.05) is 18.7 Å². The third-order valence-electron chi connectivity index (χ3n) is 4.97. The molecule has 1 amide bonds. The number of hydrogen-bond acceptors (Lipinski definition) is 8. The maximum absolute atomic E-state index is 12.7. The summed E-state index contributed by atoms with van der Waals surface area (Å²) < 4.78 is 24.1. The fourth-order valence-corrected chi connectivity index (χ4v) is 3.98. The predicted octanol–water partition coefficient (Wildman–Crippen LogP) is 3.95. The zero-order valence-corrected chi connectivity index (χ0v) is 19.8. The fourth-order valence-electron chi connectivity index (χ4n) is 3.15. The Balaban J connectivity index is 1.36. The molecule has 4 rings (SSSR count). The number of carbonyl (C=O) groups excluding carboxylic acids is 1. The van der Waals surface area contributed by atoms with Crippen LogP contribution in [0.2, 0.25) is 0 Å². The van der Waals surface area contributed by atoms with Gasteiger partial charge >= 0.3 is 0 Å². The second-order valence-corrected chi connectivity index (χ2v) is 8.76. The van der Waals surface area contributed by atoms with Crippen LogP contribution in [-0.2, 0) is 18.4 Å². The van der Waals surface area contributed by atoms with E-state index in [9.17, 15) is 4.79 Å². The van der Waals surface area contributed by atoms with Gasteiger partial charge in [-0.15, -0.1) is 10.2 Å². The molecule has 3 aromatic rings. The fraction of sp³-hybridized carbons (Fsp3) is 0.348. The van der Waals surface area contributed by atoms with Crippen molar-refractivity contribution in [3.63, 3.8) is 0 Å². The molecule has 174 valence electrons. The van der Waals surface area contributed by atoms with Crippen LogP contribution in [0.5, 0.6) is 23.0 Å². The SMILES string of the molecule is CCOc1cc(C)ccc1OCc1nnc(S[C@@H](C)C(=O)Nc2ccc3c(c2)OCO3)n1C. The number of fused-ring (bicyclic) bond motifs is 1. The van der Waals surface area contributed by atoms with Crippen molar-refractivity contribution in [2.45, 2.75) is 37.8 Å². The van der Waals surface area contributed by atoms with Crippen LogP contribution in [0.25, 0.3) is 0 Å². The van der Waals surface area contributed by atoms with E-state index < -0.39 is 5.25 Å². The number of carbonyl (C=O) groups is 1. The minimum atomic E-state index is -0.395. The zero-order valence-electron chi connectivity index (χ0n) is 19.0. The highest BCUT2D eigenvalue weighted by Crippen LogP contribution is 2.34. The van der Waals surface area contributed by atoms with Crippen molar-refractivity contribution in [3.8, 4) is 23.0 Å². The monoisotopic (exact) mass is 470 g/mol. The molecule has 1 aliphatic heterocycles. The van der Waals surface area contributed by atoms with Gasteiger partial charge in [0.25, 0.3) is 0 Å². The molecule has 0 radical (unpaired) electrons. The average molecular weight is 471 g/mol. The summed E-state index contributed by atoms with van der Waals surface area (Å²) in [6.07, 6.45) is 0. The summed E-state index contributed by atoms with van der Waals surface area (Å²) in [6.45, 7) is 6.72. The van der Waals surface area contributed by atoms with Gasteiger partial charge in [-0.2, -0.15) is 0 Å². The van der Waals surface area contributed by atoms with E-state index in [0.717, 1.165) is 5.56 Å². The molecule has 1 aliphatic rings. The summed E-state index contributed by atoms with van der Waals surface area (Å²) >= 11 is 1.32. The third-order valence-corrected chi connectivity index (χ3v) is 6.11. The smallest absolute Gasteiger partial charge is 0.237 e. The summed E-state index contributed by atoms with van der Waals surface area (Å²) in [4.78, 5) is 12.7. The minimum absolute atomic E-state index is 0.152. The number of anilines is 1. The van der Waals surface area contributed by atoms with Crippen molar-refractivity contribution >= 4 is 23.4 Å². The van der Waals surface area contributed by atoms with E-state index in [1.54, 1.807) is 18.2 Å². The largest absolute Gasteiger partial charge is 0.490 e. The number of aryl methyl sites for hydroxylation is 1. The van der Waals surface area contributed by atoms with Gasteiger partial charge in [-0.05, 0) is 50.6 Å². The number of nitrogens with zero attached hydrogens (tertiary/aromatic N) is 3. The van der Waals surface area contributed by atoms with Crippen molar-refractivity contribution < 1.29 is 23.7 Å². The Morgan fingerprint density at radius 1 is 1.15 bits per heavy atom. The number of aromatic nitrogens is 3. The number of thioether (sulfide) groups is 1. The van der Waals surface area contributed by atoms with E-state index in [1.807, 2.05) is 50.6 Å². The van der Waals surface area contributed by atoms with Gasteiger partial charge in [-0.1, -0.05) is 17.8 Å². The molecule has 1 N–H and O–H groups in total. The number of benzene rings is 2. The molecule has 10 heteroatoms. The van der Waals surface area contributed by atoms with Crippen molar-refractivity contribution in [1.29, 1.82) is 0 Å². The van der Waals surface area contributed by atoms with Crippen LogP contribution in [-0.4, -0.2) is 39.3 Å². The van der Waals surface area contributed by atoms with Crippen LogP contribution in [0, 0.1) is 6.92 Å². The Hall–Kier alpha value is -3.40. The Morgan fingerprint density at radius 3 is 2.79 bits per heavy atom. The predicted molar refractivity (Wildman–Crippen MR) is 124 cm³/mol. The van der Waals surface area contributed by atoms with Gasteiger partial charge in [0.2, 0.25) is 12.7 Å². The highest BCUT2D eigenvalue weighted by Gasteiger charge is 2.21. The third kappa shape index (κ3) is 5.33. The van der Waals surface area contributed by atoms with E-state index in [1.165, 1.54) is 11.8 Å². The van der Waals surface area contributed by atoms with Crippen LogP contribution in [0.3, 0.4) is 0 Å². The van der Waals surface area contributed by atoms with E-state index in [2.05, 4.69) is 15.5 Å². The Labute approximate surface area is 196 Å². The van der Waals surface area contributed by atoms with Gasteiger partial charge in [-0.3, -0.25) is 4.79 Å². The lowest BCUT2D eigenvalue weighted by molar-refractivity contribution is -0.115. The van der Waals surface area contributed by atoms with E-state index in [0.29, 0.717) is 46.3 Å². The highest BCUT2D eigenvalue weighted by atomic mass is 32.2. The molecule has 2 aromatic carbocycles. The average Bonchev–Trinajstić information content (AvgIpc) is 3.40. The second kappa shape index (κ2) is 10.0. The first-order valence-electron chi connectivity index (χ1n) is 10.6. The second-order valence-electron chi connectivity index (χ2n) is 7.45. The molecule has 0 unspecified atom stereocenters. The number of rotatable bonds is 9.